The summed E-state index contributed by atoms with van der Waals surface area (Å²) in [4.78, 5) is 11.3. The van der Waals surface area contributed by atoms with E-state index >= 15 is 0 Å². The maximum atomic E-state index is 13.9. The summed E-state index contributed by atoms with van der Waals surface area (Å²) in [6, 6.07) is 9.47. The number of benzene rings is 2. The molecule has 0 bridgehead atoms. The van der Waals surface area contributed by atoms with E-state index in [4.69, 9.17) is 10.5 Å². The van der Waals surface area contributed by atoms with Gasteiger partial charge in [-0.05, 0) is 30.7 Å². The summed E-state index contributed by atoms with van der Waals surface area (Å²) < 4.78 is 19.2. The fraction of sp³-hybridized carbons (Fsp3) is 0.188. The molecule has 1 heterocycles. The summed E-state index contributed by atoms with van der Waals surface area (Å²) >= 11 is 0. The first-order chi connectivity index (χ1) is 10.0. The molecular weight excluding hydrogens is 271 g/mol. The molecule has 0 saturated carbocycles. The molecule has 21 heavy (non-hydrogen) atoms. The maximum absolute atomic E-state index is 13.9. The lowest BCUT2D eigenvalue weighted by Gasteiger charge is -2.21. The summed E-state index contributed by atoms with van der Waals surface area (Å²) in [6.45, 7) is 1.89. The van der Waals surface area contributed by atoms with Crippen molar-refractivity contribution < 1.29 is 13.9 Å². The van der Waals surface area contributed by atoms with Crippen LogP contribution in [0.15, 0.2) is 36.4 Å². The van der Waals surface area contributed by atoms with E-state index in [1.807, 2.05) is 6.92 Å². The van der Waals surface area contributed by atoms with Gasteiger partial charge in [0.1, 0.15) is 11.6 Å². The van der Waals surface area contributed by atoms with Gasteiger partial charge in [0.25, 0.3) is 5.91 Å². The van der Waals surface area contributed by atoms with Crippen molar-refractivity contribution in [2.45, 2.75) is 13.0 Å². The fourth-order valence-corrected chi connectivity index (χ4v) is 2.38. The normalized spacial score (nSPS) is 14.9. The van der Waals surface area contributed by atoms with Crippen molar-refractivity contribution in [1.82, 2.24) is 0 Å². The molecule has 1 amide bonds. The van der Waals surface area contributed by atoms with Gasteiger partial charge in [-0.3, -0.25) is 4.79 Å². The van der Waals surface area contributed by atoms with Crippen LogP contribution in [-0.2, 0) is 4.79 Å². The van der Waals surface area contributed by atoms with Crippen LogP contribution < -0.4 is 15.8 Å². The number of amides is 1. The molecular formula is C16H15FN2O2. The van der Waals surface area contributed by atoms with E-state index in [0.717, 1.165) is 5.56 Å². The second-order valence-electron chi connectivity index (χ2n) is 5.10. The van der Waals surface area contributed by atoms with Gasteiger partial charge in [-0.1, -0.05) is 23.8 Å². The quantitative estimate of drug-likeness (QED) is 0.891. The fourth-order valence-electron chi connectivity index (χ4n) is 2.38. The lowest BCUT2D eigenvalue weighted by atomic mass is 9.97. The predicted octanol–water partition coefficient (Wildman–Crippen LogP) is 2.51. The van der Waals surface area contributed by atoms with Crippen LogP contribution in [-0.4, -0.2) is 12.5 Å². The molecule has 5 heteroatoms. The van der Waals surface area contributed by atoms with Crippen molar-refractivity contribution in [2.24, 2.45) is 5.73 Å². The van der Waals surface area contributed by atoms with Gasteiger partial charge in [0, 0.05) is 5.56 Å². The number of ether oxygens (including phenoxy) is 1. The Labute approximate surface area is 121 Å². The van der Waals surface area contributed by atoms with E-state index in [1.54, 1.807) is 30.3 Å². The van der Waals surface area contributed by atoms with Crippen LogP contribution in [0.25, 0.3) is 0 Å². The summed E-state index contributed by atoms with van der Waals surface area (Å²) in [6.07, 6.45) is 0. The number of carbonyl (C=O) groups excluding carboxylic acids is 1. The van der Waals surface area contributed by atoms with Crippen LogP contribution in [0.2, 0.25) is 0 Å². The molecule has 2 aromatic rings. The molecule has 1 atom stereocenters. The van der Waals surface area contributed by atoms with Crippen molar-refractivity contribution in [2.75, 3.05) is 11.9 Å². The van der Waals surface area contributed by atoms with Crippen LogP contribution in [0.5, 0.6) is 5.75 Å². The zero-order chi connectivity index (χ0) is 15.0. The van der Waals surface area contributed by atoms with E-state index < -0.39 is 6.04 Å². The second kappa shape index (κ2) is 5.18. The molecule has 3 N–H and O–H groups in total. The van der Waals surface area contributed by atoms with Crippen molar-refractivity contribution in [3.63, 3.8) is 0 Å². The Morgan fingerprint density at radius 3 is 2.90 bits per heavy atom. The number of nitrogens with one attached hydrogen (secondary N) is 1. The van der Waals surface area contributed by atoms with Crippen molar-refractivity contribution in [3.05, 3.63) is 58.9 Å². The average molecular weight is 286 g/mol. The highest BCUT2D eigenvalue weighted by molar-refractivity contribution is 5.95. The number of aryl methyl sites for hydroxylation is 1. The number of nitrogens with two attached hydrogens (primary N) is 1. The zero-order valence-corrected chi connectivity index (χ0v) is 11.5. The molecule has 1 unspecified atom stereocenters. The Morgan fingerprint density at radius 2 is 2.10 bits per heavy atom. The third-order valence-electron chi connectivity index (χ3n) is 3.48. The number of rotatable bonds is 2. The van der Waals surface area contributed by atoms with Gasteiger partial charge >= 0.3 is 0 Å². The van der Waals surface area contributed by atoms with E-state index in [-0.39, 0.29) is 18.3 Å². The van der Waals surface area contributed by atoms with Crippen LogP contribution in [0.4, 0.5) is 10.1 Å². The van der Waals surface area contributed by atoms with Crippen LogP contribution in [0, 0.1) is 12.7 Å². The summed E-state index contributed by atoms with van der Waals surface area (Å²) in [5.41, 5.74) is 8.80. The molecule has 1 aliphatic rings. The van der Waals surface area contributed by atoms with Crippen LogP contribution in [0.1, 0.15) is 22.7 Å². The molecule has 0 aliphatic carbocycles. The second-order valence-corrected chi connectivity index (χ2v) is 5.10. The van der Waals surface area contributed by atoms with Gasteiger partial charge in [-0.15, -0.1) is 0 Å². The number of carbonyl (C=O) groups is 1. The summed E-state index contributed by atoms with van der Waals surface area (Å²) in [7, 11) is 0. The molecule has 0 saturated heterocycles. The molecule has 0 aromatic heterocycles. The highest BCUT2D eigenvalue weighted by Gasteiger charge is 2.19. The predicted molar refractivity (Wildman–Crippen MR) is 77.7 cm³/mol. The third-order valence-corrected chi connectivity index (χ3v) is 3.48. The third kappa shape index (κ3) is 2.60. The Bertz CT molecular complexity index is 715. The maximum Gasteiger partial charge on any atom is 0.262 e. The SMILES string of the molecule is Cc1ccc(F)c(C(N)c2ccc3c(c2)NC(=O)CO3)c1. The lowest BCUT2D eigenvalue weighted by molar-refractivity contribution is -0.118. The van der Waals surface area contributed by atoms with Crippen molar-refractivity contribution >= 4 is 11.6 Å². The first-order valence-corrected chi connectivity index (χ1v) is 6.63. The minimum absolute atomic E-state index is 0.00487. The Kier molecular flexibility index (Phi) is 3.35. The van der Waals surface area contributed by atoms with Gasteiger partial charge in [-0.2, -0.15) is 0 Å². The van der Waals surface area contributed by atoms with Gasteiger partial charge in [-0.25, -0.2) is 4.39 Å². The van der Waals surface area contributed by atoms with Gasteiger partial charge in [0.2, 0.25) is 0 Å². The number of anilines is 1. The molecule has 2 aromatic carbocycles. The average Bonchev–Trinajstić information content (AvgIpc) is 2.48. The monoisotopic (exact) mass is 286 g/mol. The summed E-state index contributed by atoms with van der Waals surface area (Å²) in [5.74, 6) is 0.0383. The minimum Gasteiger partial charge on any atom is -0.482 e. The molecule has 0 spiro atoms. The van der Waals surface area contributed by atoms with Crippen molar-refractivity contribution in [1.29, 1.82) is 0 Å². The van der Waals surface area contributed by atoms with E-state index in [1.165, 1.54) is 6.07 Å². The topological polar surface area (TPSA) is 64.3 Å². The number of fused-ring (bicyclic) bond motifs is 1. The Balaban J connectivity index is 1.98. The summed E-state index contributed by atoms with van der Waals surface area (Å²) in [5, 5.41) is 2.72. The van der Waals surface area contributed by atoms with Crippen LogP contribution in [0.3, 0.4) is 0 Å². The van der Waals surface area contributed by atoms with E-state index in [2.05, 4.69) is 5.32 Å². The lowest BCUT2D eigenvalue weighted by Crippen LogP contribution is -2.25. The molecule has 3 rings (SSSR count). The Morgan fingerprint density at radius 1 is 1.29 bits per heavy atom. The Hall–Kier alpha value is -2.40. The van der Waals surface area contributed by atoms with Crippen LogP contribution >= 0.6 is 0 Å². The molecule has 1 aliphatic heterocycles. The molecule has 0 radical (unpaired) electrons. The number of halogens is 1. The van der Waals surface area contributed by atoms with Gasteiger partial charge in [0.15, 0.2) is 6.61 Å². The van der Waals surface area contributed by atoms with E-state index in [9.17, 15) is 9.18 Å². The molecule has 0 fully saturated rings. The van der Waals surface area contributed by atoms with Gasteiger partial charge < -0.3 is 15.8 Å². The molecule has 108 valence electrons. The highest BCUT2D eigenvalue weighted by atomic mass is 19.1. The first kappa shape index (κ1) is 13.6. The molecule has 4 nitrogen and oxygen atoms in total. The first-order valence-electron chi connectivity index (χ1n) is 6.63. The largest absolute Gasteiger partial charge is 0.482 e. The standard InChI is InChI=1S/C16H15FN2O2/c1-9-2-4-12(17)11(6-9)16(18)10-3-5-14-13(7-10)19-15(20)8-21-14/h2-7,16H,8,18H2,1H3,(H,19,20). The smallest absolute Gasteiger partial charge is 0.262 e. The zero-order valence-electron chi connectivity index (χ0n) is 11.5. The highest BCUT2D eigenvalue weighted by Crippen LogP contribution is 2.32. The minimum atomic E-state index is -0.603. The van der Waals surface area contributed by atoms with Crippen molar-refractivity contribution in [3.8, 4) is 5.75 Å². The number of hydrogen-bond donors (Lipinski definition) is 2. The number of hydrogen-bond acceptors (Lipinski definition) is 3. The van der Waals surface area contributed by atoms with E-state index in [0.29, 0.717) is 22.6 Å². The van der Waals surface area contributed by atoms with Gasteiger partial charge in [0.05, 0.1) is 11.7 Å².